The van der Waals surface area contributed by atoms with E-state index in [0.717, 1.165) is 16.7 Å². The fourth-order valence-electron chi connectivity index (χ4n) is 3.30. The van der Waals surface area contributed by atoms with Gasteiger partial charge in [-0.1, -0.05) is 59.2 Å². The maximum Gasteiger partial charge on any atom is 0.297 e. The van der Waals surface area contributed by atoms with Crippen LogP contribution >= 0.6 is 10.7 Å². The molecule has 1 aromatic heterocycles. The van der Waals surface area contributed by atoms with E-state index in [1.54, 1.807) is 48.8 Å². The number of aliphatic hydroxyl groups excluding tert-OH is 2. The number of aromatic nitrogens is 1. The van der Waals surface area contributed by atoms with Gasteiger partial charge in [-0.15, -0.1) is 0 Å². The molecular formula is C34H44ClNO12S3. The molecule has 0 radical (unpaired) electrons. The highest BCUT2D eigenvalue weighted by Gasteiger charge is 2.16. The average molecular weight is 790 g/mol. The van der Waals surface area contributed by atoms with Crippen LogP contribution in [0.5, 0.6) is 0 Å². The van der Waals surface area contributed by atoms with Crippen LogP contribution < -0.4 is 0 Å². The minimum absolute atomic E-state index is 0.0149. The highest BCUT2D eigenvalue weighted by molar-refractivity contribution is 8.13. The topological polar surface area (TPSA) is 193 Å². The number of nitrogens with zero attached hydrogens (tertiary/aromatic N) is 1. The molecule has 0 aliphatic heterocycles. The third-order valence-corrected chi connectivity index (χ3v) is 9.91. The minimum Gasteiger partial charge on any atom is -0.394 e. The zero-order valence-electron chi connectivity index (χ0n) is 28.5. The summed E-state index contributed by atoms with van der Waals surface area (Å²) in [5.41, 5.74) is 2.89. The number of aliphatic hydroxyl groups is 2. The molecule has 0 unspecified atom stereocenters. The summed E-state index contributed by atoms with van der Waals surface area (Å²) >= 11 is 0. The summed E-state index contributed by atoms with van der Waals surface area (Å²) in [6.45, 7) is 5.89. The second-order valence-electron chi connectivity index (χ2n) is 10.1. The monoisotopic (exact) mass is 789 g/mol. The first-order chi connectivity index (χ1) is 24.1. The van der Waals surface area contributed by atoms with Crippen molar-refractivity contribution >= 4 is 40.0 Å². The van der Waals surface area contributed by atoms with Gasteiger partial charge in [0.2, 0.25) is 0 Å². The highest BCUT2D eigenvalue weighted by Crippen LogP contribution is 2.15. The molecule has 0 fully saturated rings. The van der Waals surface area contributed by atoms with Gasteiger partial charge in [0, 0.05) is 23.1 Å². The Bertz CT molecular complexity index is 1720. The summed E-state index contributed by atoms with van der Waals surface area (Å²) in [5.74, 6) is 0. The summed E-state index contributed by atoms with van der Waals surface area (Å²) in [4.78, 5) is 4.07. The molecule has 17 heteroatoms. The van der Waals surface area contributed by atoms with Crippen LogP contribution in [0.3, 0.4) is 0 Å². The van der Waals surface area contributed by atoms with Crippen LogP contribution in [0.25, 0.3) is 0 Å². The van der Waals surface area contributed by atoms with Crippen molar-refractivity contribution in [1.82, 2.24) is 4.98 Å². The molecule has 0 aliphatic carbocycles. The van der Waals surface area contributed by atoms with E-state index in [0.29, 0.717) is 13.2 Å². The minimum atomic E-state index is -3.84. The lowest BCUT2D eigenvalue weighted by Gasteiger charge is -2.08. The summed E-state index contributed by atoms with van der Waals surface area (Å²) < 4.78 is 88.8. The lowest BCUT2D eigenvalue weighted by Crippen LogP contribution is -2.15. The van der Waals surface area contributed by atoms with Gasteiger partial charge in [-0.05, 0) is 69.3 Å². The molecule has 0 saturated heterocycles. The molecular weight excluding hydrogens is 746 g/mol. The smallest absolute Gasteiger partial charge is 0.297 e. The predicted octanol–water partition coefficient (Wildman–Crippen LogP) is 4.42. The van der Waals surface area contributed by atoms with Crippen molar-refractivity contribution in [1.29, 1.82) is 0 Å². The van der Waals surface area contributed by atoms with Gasteiger partial charge in [0.15, 0.2) is 0 Å². The molecule has 0 spiro atoms. The van der Waals surface area contributed by atoms with Crippen LogP contribution in [-0.4, -0.2) is 93.3 Å². The van der Waals surface area contributed by atoms with Crippen molar-refractivity contribution in [3.05, 3.63) is 120 Å². The average Bonchev–Trinajstić information content (AvgIpc) is 3.10. The van der Waals surface area contributed by atoms with Gasteiger partial charge in [-0.3, -0.25) is 13.4 Å². The van der Waals surface area contributed by atoms with Crippen LogP contribution in [0, 0.1) is 20.8 Å². The molecule has 1 heterocycles. The Morgan fingerprint density at radius 3 is 1.12 bits per heavy atom. The zero-order chi connectivity index (χ0) is 38.2. The van der Waals surface area contributed by atoms with E-state index in [9.17, 15) is 25.3 Å². The molecule has 282 valence electrons. The van der Waals surface area contributed by atoms with Gasteiger partial charge in [-0.2, -0.15) is 16.8 Å². The Hall–Kier alpha value is -3.29. The number of halogens is 1. The molecule has 3 aromatic carbocycles. The van der Waals surface area contributed by atoms with Gasteiger partial charge < -0.3 is 19.7 Å². The lowest BCUT2D eigenvalue weighted by atomic mass is 10.2. The quantitative estimate of drug-likeness (QED) is 0.0978. The summed E-state index contributed by atoms with van der Waals surface area (Å²) in [5, 5.41) is 16.2. The van der Waals surface area contributed by atoms with Crippen molar-refractivity contribution < 1.29 is 53.3 Å². The van der Waals surface area contributed by atoms with E-state index in [-0.39, 0.29) is 54.3 Å². The van der Waals surface area contributed by atoms with E-state index < -0.39 is 29.3 Å². The SMILES string of the molecule is Cc1ccc(S(=O)(=O)Cl)cc1.Cc1ccc(S(=O)(=O)OCCOCCOS(=O)(=O)c2ccc(C)cc2)cc1.OCCOCCO.c1ccncc1. The van der Waals surface area contributed by atoms with Gasteiger partial charge >= 0.3 is 0 Å². The molecule has 4 rings (SSSR count). The Kier molecular flexibility index (Phi) is 22.3. The predicted molar refractivity (Wildman–Crippen MR) is 193 cm³/mol. The third kappa shape index (κ3) is 21.0. The van der Waals surface area contributed by atoms with Crippen LogP contribution in [-0.2, 0) is 47.1 Å². The largest absolute Gasteiger partial charge is 0.394 e. The lowest BCUT2D eigenvalue weighted by molar-refractivity contribution is 0.0650. The van der Waals surface area contributed by atoms with E-state index >= 15 is 0 Å². The zero-order valence-corrected chi connectivity index (χ0v) is 31.7. The molecule has 0 aliphatic rings. The van der Waals surface area contributed by atoms with Crippen molar-refractivity contribution in [2.75, 3.05) is 52.9 Å². The van der Waals surface area contributed by atoms with Crippen LogP contribution in [0.1, 0.15) is 16.7 Å². The maximum atomic E-state index is 12.0. The van der Waals surface area contributed by atoms with E-state index in [1.165, 1.54) is 36.4 Å². The van der Waals surface area contributed by atoms with Gasteiger partial charge in [0.1, 0.15) is 0 Å². The fourth-order valence-corrected chi connectivity index (χ4v) is 5.85. The fraction of sp³-hybridized carbons (Fsp3) is 0.324. The molecule has 4 aromatic rings. The highest BCUT2D eigenvalue weighted by atomic mass is 35.7. The number of hydrogen-bond acceptors (Lipinski definition) is 13. The summed E-state index contributed by atoms with van der Waals surface area (Å²) in [6, 6.07) is 24.7. The van der Waals surface area contributed by atoms with Crippen molar-refractivity contribution in [2.24, 2.45) is 0 Å². The van der Waals surface area contributed by atoms with Crippen LogP contribution in [0.4, 0.5) is 0 Å². The van der Waals surface area contributed by atoms with Gasteiger partial charge in [0.05, 0.1) is 67.5 Å². The molecule has 0 atom stereocenters. The third-order valence-electron chi connectivity index (χ3n) is 5.89. The maximum absolute atomic E-state index is 12.0. The van der Waals surface area contributed by atoms with E-state index in [2.05, 4.69) is 9.72 Å². The second kappa shape index (κ2) is 24.8. The molecule has 2 N–H and O–H groups in total. The standard InChI is InChI=1S/C18H22O7S2.C7H7ClO2S.C5H5N.C4H10O3/c1-15-3-7-17(8-4-15)26(19,20)24-13-11-23-12-14-25-27(21,22)18-9-5-16(2)6-10-18;1-6-2-4-7(5-3-6)11(8,9)10;1-2-4-6-5-3-1;5-1-3-7-4-2-6/h3-10H,11-14H2,1-2H3;2-5H,1H3;1-5H;5-6H,1-4H2. The number of aryl methyl sites for hydroxylation is 3. The Morgan fingerprint density at radius 1 is 0.510 bits per heavy atom. The molecule has 0 bridgehead atoms. The second-order valence-corrected chi connectivity index (χ2v) is 15.9. The number of rotatable bonds is 15. The van der Waals surface area contributed by atoms with Crippen LogP contribution in [0.2, 0.25) is 0 Å². The number of hydrogen-bond donors (Lipinski definition) is 2. The van der Waals surface area contributed by atoms with Crippen molar-refractivity contribution in [2.45, 2.75) is 35.5 Å². The first-order valence-electron chi connectivity index (χ1n) is 15.3. The van der Waals surface area contributed by atoms with Gasteiger partial charge in [0.25, 0.3) is 29.3 Å². The molecule has 0 saturated carbocycles. The summed E-state index contributed by atoms with van der Waals surface area (Å²) in [7, 11) is -6.14. The molecule has 13 nitrogen and oxygen atoms in total. The Morgan fingerprint density at radius 2 is 0.843 bits per heavy atom. The Labute approximate surface area is 305 Å². The van der Waals surface area contributed by atoms with Crippen LogP contribution in [0.15, 0.2) is 118 Å². The van der Waals surface area contributed by atoms with E-state index in [4.69, 9.17) is 34.0 Å². The molecule has 0 amide bonds. The number of benzene rings is 3. The first kappa shape index (κ1) is 45.7. The number of pyridine rings is 1. The summed E-state index contributed by atoms with van der Waals surface area (Å²) in [6.07, 6.45) is 3.50. The molecule has 51 heavy (non-hydrogen) atoms. The van der Waals surface area contributed by atoms with Crippen molar-refractivity contribution in [3.63, 3.8) is 0 Å². The van der Waals surface area contributed by atoms with Gasteiger partial charge in [-0.25, -0.2) is 8.42 Å². The van der Waals surface area contributed by atoms with Crippen molar-refractivity contribution in [3.8, 4) is 0 Å². The Balaban J connectivity index is 0.000000436. The van der Waals surface area contributed by atoms with E-state index in [1.807, 2.05) is 39.0 Å². The normalized spacial score (nSPS) is 11.2. The first-order valence-corrected chi connectivity index (χ1v) is 20.4. The number of ether oxygens (including phenoxy) is 2.